The van der Waals surface area contributed by atoms with E-state index in [0.29, 0.717) is 22.8 Å². The van der Waals surface area contributed by atoms with Gasteiger partial charge in [0.15, 0.2) is 17.7 Å². The Balaban J connectivity index is 2.05. The Bertz CT molecular complexity index is 855. The van der Waals surface area contributed by atoms with Crippen LogP contribution in [0.4, 0.5) is 4.39 Å². The number of pyridine rings is 1. The van der Waals surface area contributed by atoms with Gasteiger partial charge in [-0.2, -0.15) is 0 Å². The summed E-state index contributed by atoms with van der Waals surface area (Å²) in [5.74, 6) is 1.87. The van der Waals surface area contributed by atoms with Crippen molar-refractivity contribution in [3.63, 3.8) is 0 Å². The Labute approximate surface area is 139 Å². The number of alkyl halides is 1. The largest absolute Gasteiger partial charge is 0.493 e. The minimum Gasteiger partial charge on any atom is -0.493 e. The molecule has 0 aliphatic heterocycles. The van der Waals surface area contributed by atoms with E-state index >= 15 is 0 Å². The number of nitrogens with zero attached hydrogens (tertiary/aromatic N) is 1. The van der Waals surface area contributed by atoms with Crippen molar-refractivity contribution in [1.82, 2.24) is 4.98 Å². The van der Waals surface area contributed by atoms with E-state index in [0.717, 1.165) is 11.0 Å². The van der Waals surface area contributed by atoms with Crippen molar-refractivity contribution in [1.29, 1.82) is 0 Å². The molecule has 0 N–H and O–H groups in total. The van der Waals surface area contributed by atoms with Crippen molar-refractivity contribution in [3.05, 3.63) is 60.0 Å². The number of allylic oxidation sites excluding steroid dienone is 5. The molecule has 0 fully saturated rings. The van der Waals surface area contributed by atoms with Crippen molar-refractivity contribution in [3.8, 4) is 17.2 Å². The lowest BCUT2D eigenvalue weighted by molar-refractivity contribution is 0.313. The topological polar surface area (TPSA) is 40.6 Å². The van der Waals surface area contributed by atoms with Gasteiger partial charge in [-0.25, -0.2) is 4.39 Å². The zero-order valence-electron chi connectivity index (χ0n) is 13.7. The van der Waals surface area contributed by atoms with E-state index in [1.54, 1.807) is 50.8 Å². The van der Waals surface area contributed by atoms with E-state index in [9.17, 15) is 4.39 Å². The van der Waals surface area contributed by atoms with Crippen molar-refractivity contribution in [2.75, 3.05) is 14.2 Å². The summed E-state index contributed by atoms with van der Waals surface area (Å²) in [7, 11) is 3.12. The minimum absolute atomic E-state index is 0.227. The van der Waals surface area contributed by atoms with Gasteiger partial charge in [0.25, 0.3) is 0 Å². The average Bonchev–Trinajstić information content (AvgIpc) is 2.76. The number of rotatable bonds is 4. The Kier molecular flexibility index (Phi) is 4.51. The second kappa shape index (κ2) is 6.74. The third kappa shape index (κ3) is 3.11. The van der Waals surface area contributed by atoms with Crippen LogP contribution in [0.15, 0.2) is 60.0 Å². The van der Waals surface area contributed by atoms with Crippen LogP contribution in [0.5, 0.6) is 17.2 Å². The monoisotopic (exact) mass is 327 g/mol. The summed E-state index contributed by atoms with van der Waals surface area (Å²) in [6.07, 6.45) is 6.98. The lowest BCUT2D eigenvalue weighted by atomic mass is 10.1. The van der Waals surface area contributed by atoms with Crippen LogP contribution in [0.25, 0.3) is 10.9 Å². The SMILES string of the molecule is COc1cc2nccc(OC3=CC=C(C)C=CC3F)c2cc1OC. The quantitative estimate of drug-likeness (QED) is 0.836. The van der Waals surface area contributed by atoms with Gasteiger partial charge in [0, 0.05) is 17.6 Å². The number of aromatic nitrogens is 1. The Morgan fingerprint density at radius 2 is 1.79 bits per heavy atom. The van der Waals surface area contributed by atoms with Crippen molar-refractivity contribution in [2.45, 2.75) is 13.1 Å². The fourth-order valence-electron chi connectivity index (χ4n) is 2.45. The zero-order valence-corrected chi connectivity index (χ0v) is 13.7. The molecule has 0 amide bonds. The maximum atomic E-state index is 14.3. The number of methoxy groups -OCH3 is 2. The van der Waals surface area contributed by atoms with Crippen LogP contribution in [0.2, 0.25) is 0 Å². The predicted molar refractivity (Wildman–Crippen MR) is 91.4 cm³/mol. The first kappa shape index (κ1) is 16.1. The fourth-order valence-corrected chi connectivity index (χ4v) is 2.45. The zero-order chi connectivity index (χ0) is 17.1. The number of halogens is 1. The highest BCUT2D eigenvalue weighted by atomic mass is 19.1. The van der Waals surface area contributed by atoms with Crippen LogP contribution < -0.4 is 14.2 Å². The van der Waals surface area contributed by atoms with E-state index in [2.05, 4.69) is 4.98 Å². The second-order valence-corrected chi connectivity index (χ2v) is 5.38. The molecule has 5 heteroatoms. The maximum Gasteiger partial charge on any atom is 0.176 e. The molecule has 1 heterocycles. The molecule has 1 aromatic carbocycles. The molecule has 24 heavy (non-hydrogen) atoms. The van der Waals surface area contributed by atoms with Crippen LogP contribution in [0.1, 0.15) is 6.92 Å². The van der Waals surface area contributed by atoms with E-state index in [4.69, 9.17) is 14.2 Å². The average molecular weight is 327 g/mol. The number of hydrogen-bond donors (Lipinski definition) is 0. The number of benzene rings is 1. The Hall–Kier alpha value is -2.82. The van der Waals surface area contributed by atoms with E-state index in [1.807, 2.05) is 13.0 Å². The number of ether oxygens (including phenoxy) is 3. The molecule has 124 valence electrons. The van der Waals surface area contributed by atoms with Gasteiger partial charge in [0.2, 0.25) is 0 Å². The highest BCUT2D eigenvalue weighted by Crippen LogP contribution is 2.36. The van der Waals surface area contributed by atoms with Gasteiger partial charge in [-0.3, -0.25) is 4.98 Å². The molecule has 1 atom stereocenters. The third-order valence-corrected chi connectivity index (χ3v) is 3.75. The summed E-state index contributed by atoms with van der Waals surface area (Å²) in [6, 6.07) is 5.24. The summed E-state index contributed by atoms with van der Waals surface area (Å²) in [5, 5.41) is 0.720. The third-order valence-electron chi connectivity index (χ3n) is 3.75. The molecule has 2 aromatic rings. The first-order valence-corrected chi connectivity index (χ1v) is 7.51. The van der Waals surface area contributed by atoms with Crippen molar-refractivity contribution < 1.29 is 18.6 Å². The number of hydrogen-bond acceptors (Lipinski definition) is 4. The van der Waals surface area contributed by atoms with E-state index in [-0.39, 0.29) is 5.76 Å². The lowest BCUT2D eigenvalue weighted by Gasteiger charge is -2.14. The Morgan fingerprint density at radius 1 is 1.04 bits per heavy atom. The minimum atomic E-state index is -1.30. The molecule has 0 saturated heterocycles. The van der Waals surface area contributed by atoms with Crippen LogP contribution >= 0.6 is 0 Å². The molecular weight excluding hydrogens is 309 g/mol. The second-order valence-electron chi connectivity index (χ2n) is 5.38. The van der Waals surface area contributed by atoms with Gasteiger partial charge in [0.1, 0.15) is 11.5 Å². The summed E-state index contributed by atoms with van der Waals surface area (Å²) in [6.45, 7) is 1.90. The van der Waals surface area contributed by atoms with Gasteiger partial charge in [0.05, 0.1) is 19.7 Å². The van der Waals surface area contributed by atoms with Crippen LogP contribution in [0.3, 0.4) is 0 Å². The van der Waals surface area contributed by atoms with Gasteiger partial charge in [-0.15, -0.1) is 0 Å². The summed E-state index contributed by atoms with van der Waals surface area (Å²) in [4.78, 5) is 4.31. The highest BCUT2D eigenvalue weighted by molar-refractivity contribution is 5.88. The standard InChI is InChI=1S/C19H18FNO3/c1-12-4-6-14(20)17(7-5-12)24-16-8-9-21-15-11-19(23-3)18(22-2)10-13(15)16/h4-11,14H,1-3H3. The first-order valence-electron chi connectivity index (χ1n) is 7.51. The summed E-state index contributed by atoms with van der Waals surface area (Å²) < 4.78 is 30.7. The predicted octanol–water partition coefficient (Wildman–Crippen LogP) is 4.37. The molecule has 0 spiro atoms. The van der Waals surface area contributed by atoms with Gasteiger partial charge in [-0.1, -0.05) is 17.7 Å². The summed E-state index contributed by atoms with van der Waals surface area (Å²) >= 11 is 0. The molecule has 0 saturated carbocycles. The maximum absolute atomic E-state index is 14.3. The van der Waals surface area contributed by atoms with Gasteiger partial charge < -0.3 is 14.2 Å². The molecule has 3 rings (SSSR count). The van der Waals surface area contributed by atoms with Crippen LogP contribution in [-0.4, -0.2) is 25.4 Å². The first-order chi connectivity index (χ1) is 11.6. The fraction of sp³-hybridized carbons (Fsp3) is 0.211. The molecule has 0 radical (unpaired) electrons. The summed E-state index contributed by atoms with van der Waals surface area (Å²) in [5.41, 5.74) is 1.64. The van der Waals surface area contributed by atoms with Crippen molar-refractivity contribution >= 4 is 10.9 Å². The van der Waals surface area contributed by atoms with E-state index < -0.39 is 6.17 Å². The molecule has 4 nitrogen and oxygen atoms in total. The number of fused-ring (bicyclic) bond motifs is 1. The van der Waals surface area contributed by atoms with Crippen molar-refractivity contribution in [2.24, 2.45) is 0 Å². The molecular formula is C19H18FNO3. The Morgan fingerprint density at radius 3 is 2.54 bits per heavy atom. The molecule has 1 unspecified atom stereocenters. The lowest BCUT2D eigenvalue weighted by Crippen LogP contribution is -2.07. The smallest absolute Gasteiger partial charge is 0.176 e. The normalized spacial score (nSPS) is 17.1. The van der Waals surface area contributed by atoms with Crippen LogP contribution in [0, 0.1) is 0 Å². The van der Waals surface area contributed by atoms with Crippen LogP contribution in [-0.2, 0) is 0 Å². The molecule has 1 aliphatic carbocycles. The van der Waals surface area contributed by atoms with E-state index in [1.165, 1.54) is 6.08 Å². The van der Waals surface area contributed by atoms with Gasteiger partial charge in [-0.05, 0) is 31.2 Å². The molecule has 1 aromatic heterocycles. The molecule has 1 aliphatic rings. The van der Waals surface area contributed by atoms with Gasteiger partial charge >= 0.3 is 0 Å². The highest BCUT2D eigenvalue weighted by Gasteiger charge is 2.16. The molecule has 0 bridgehead atoms.